The Kier molecular flexibility index (Phi) is 20.0. The number of hydrogen-bond acceptors (Lipinski definition) is 12. The molecule has 3 N–H and O–H groups in total. The fourth-order valence-corrected chi connectivity index (χ4v) is 7.01. The van der Waals surface area contributed by atoms with Gasteiger partial charge >= 0.3 is 17.6 Å². The normalized spacial score (nSPS) is 15.5. The van der Waals surface area contributed by atoms with Crippen molar-refractivity contribution in [2.24, 2.45) is 0 Å². The van der Waals surface area contributed by atoms with Gasteiger partial charge in [0, 0.05) is 87.6 Å². The van der Waals surface area contributed by atoms with Gasteiger partial charge < -0.3 is 51.3 Å². The van der Waals surface area contributed by atoms with E-state index in [4.69, 9.17) is 36.0 Å². The van der Waals surface area contributed by atoms with Gasteiger partial charge in [-0.05, 0) is 19.8 Å². The fourth-order valence-electron chi connectivity index (χ4n) is 3.63. The molecule has 0 fully saturated rings. The summed E-state index contributed by atoms with van der Waals surface area (Å²) in [5.74, 6) is 0. The van der Waals surface area contributed by atoms with E-state index in [0.717, 1.165) is 0 Å². The lowest BCUT2D eigenvalue weighted by atomic mass is 10.2. The molecule has 0 bridgehead atoms. The number of aliphatic hydroxyl groups excluding tert-OH is 3. The van der Waals surface area contributed by atoms with Crippen molar-refractivity contribution in [2.75, 3.05) is 88.7 Å². The van der Waals surface area contributed by atoms with Crippen LogP contribution in [0.4, 0.5) is 0 Å². The van der Waals surface area contributed by atoms with Gasteiger partial charge in [0.2, 0.25) is 0 Å². The lowest BCUT2D eigenvalue weighted by Gasteiger charge is -2.28. The van der Waals surface area contributed by atoms with E-state index in [1.165, 1.54) is 0 Å². The second-order valence-electron chi connectivity index (χ2n) is 8.32. The third-order valence-corrected chi connectivity index (χ3v) is 11.2. The highest BCUT2D eigenvalue weighted by atomic mass is 28.4. The molecule has 0 saturated heterocycles. The Morgan fingerprint density at radius 3 is 1.23 bits per heavy atom. The Hall–Kier alpha value is -0.0462. The molecule has 3 atom stereocenters. The van der Waals surface area contributed by atoms with Crippen molar-refractivity contribution in [3.8, 4) is 0 Å². The molecule has 35 heavy (non-hydrogen) atoms. The summed E-state index contributed by atoms with van der Waals surface area (Å²) in [5.41, 5.74) is 0. The summed E-state index contributed by atoms with van der Waals surface area (Å²) in [6.45, 7) is 3.58. The fraction of sp³-hybridized carbons (Fsp3) is 1.00. The Morgan fingerprint density at radius 2 is 0.943 bits per heavy atom. The minimum atomic E-state index is -2.62. The summed E-state index contributed by atoms with van der Waals surface area (Å²) in [6.07, 6.45) is -0.811. The highest BCUT2D eigenvalue weighted by molar-refractivity contribution is 6.60. The average Bonchev–Trinajstić information content (AvgIpc) is 2.84. The van der Waals surface area contributed by atoms with E-state index in [9.17, 15) is 15.3 Å². The van der Waals surface area contributed by atoms with Crippen molar-refractivity contribution in [1.82, 2.24) is 4.90 Å². The molecule has 0 saturated carbocycles. The van der Waals surface area contributed by atoms with Crippen molar-refractivity contribution in [2.45, 2.75) is 50.2 Å². The van der Waals surface area contributed by atoms with Crippen molar-refractivity contribution >= 4 is 17.6 Å². The standard InChI is InChI=1S/C21H49NO11Si2/c1-19(23)14-22(15-20(24)17-32-10-8-12-34(26-2,27-3)28-4)16-21(25)18-33-11-9-13-35(29-5,30-6)31-7/h19-21,23-25H,8-18H2,1-7H3. The lowest BCUT2D eigenvalue weighted by Crippen LogP contribution is -2.44. The third-order valence-electron chi connectivity index (χ3n) is 5.49. The molecule has 0 aliphatic carbocycles. The molecule has 3 unspecified atom stereocenters. The van der Waals surface area contributed by atoms with Crippen LogP contribution in [-0.2, 0) is 36.0 Å². The van der Waals surface area contributed by atoms with E-state index in [-0.39, 0.29) is 26.3 Å². The van der Waals surface area contributed by atoms with E-state index < -0.39 is 35.9 Å². The largest absolute Gasteiger partial charge is 0.500 e. The molecule has 12 nitrogen and oxygen atoms in total. The van der Waals surface area contributed by atoms with Crippen LogP contribution < -0.4 is 0 Å². The van der Waals surface area contributed by atoms with E-state index >= 15 is 0 Å². The van der Waals surface area contributed by atoms with Crippen molar-refractivity contribution in [3.05, 3.63) is 0 Å². The molecule has 0 aromatic carbocycles. The van der Waals surface area contributed by atoms with Crippen molar-refractivity contribution in [3.63, 3.8) is 0 Å². The molecule has 0 aliphatic heterocycles. The number of nitrogens with zero attached hydrogens (tertiary/aromatic N) is 1. The highest BCUT2D eigenvalue weighted by Crippen LogP contribution is 2.16. The molecule has 0 amide bonds. The zero-order valence-corrected chi connectivity index (χ0v) is 24.6. The van der Waals surface area contributed by atoms with Crippen LogP contribution in [-0.4, -0.2) is 145 Å². The van der Waals surface area contributed by atoms with Crippen LogP contribution in [0.2, 0.25) is 12.1 Å². The number of rotatable bonds is 24. The quantitative estimate of drug-likeness (QED) is 0.110. The van der Waals surface area contributed by atoms with Crippen LogP contribution in [0.1, 0.15) is 19.8 Å². The predicted molar refractivity (Wildman–Crippen MR) is 134 cm³/mol. The maximum Gasteiger partial charge on any atom is 0.500 e. The minimum absolute atomic E-state index is 0.133. The van der Waals surface area contributed by atoms with Crippen LogP contribution in [0.5, 0.6) is 0 Å². The monoisotopic (exact) mass is 547 g/mol. The second-order valence-corrected chi connectivity index (χ2v) is 14.5. The second kappa shape index (κ2) is 20.0. The summed E-state index contributed by atoms with van der Waals surface area (Å²) in [6, 6.07) is 1.22. The Bertz CT molecular complexity index is 445. The summed E-state index contributed by atoms with van der Waals surface area (Å²) >= 11 is 0. The molecule has 212 valence electrons. The van der Waals surface area contributed by atoms with E-state index in [1.807, 2.05) is 0 Å². The maximum atomic E-state index is 10.4. The first-order valence-corrected chi connectivity index (χ1v) is 15.7. The molecular formula is C21H49NO11Si2. The molecule has 0 aromatic heterocycles. The average molecular weight is 548 g/mol. The van der Waals surface area contributed by atoms with E-state index in [0.29, 0.717) is 44.7 Å². The molecule has 14 heteroatoms. The Balaban J connectivity index is 4.32. The van der Waals surface area contributed by atoms with Gasteiger partial charge in [0.15, 0.2) is 0 Å². The number of aliphatic hydroxyl groups is 3. The van der Waals surface area contributed by atoms with E-state index in [1.54, 1.807) is 54.5 Å². The smallest absolute Gasteiger partial charge is 0.392 e. The third kappa shape index (κ3) is 15.1. The van der Waals surface area contributed by atoms with Crippen LogP contribution in [0.15, 0.2) is 0 Å². The first kappa shape index (κ1) is 35.0. The summed E-state index contributed by atoms with van der Waals surface area (Å²) in [4.78, 5) is 1.80. The van der Waals surface area contributed by atoms with Gasteiger partial charge in [-0.3, -0.25) is 4.90 Å². The highest BCUT2D eigenvalue weighted by Gasteiger charge is 2.37. The predicted octanol–water partition coefficient (Wildman–Crippen LogP) is -0.0394. The summed E-state index contributed by atoms with van der Waals surface area (Å²) in [5, 5.41) is 30.6. The molecule has 0 aromatic rings. The van der Waals surface area contributed by atoms with Gasteiger partial charge in [0.1, 0.15) is 0 Å². The molecule has 0 rings (SSSR count). The maximum absolute atomic E-state index is 10.4. The first-order valence-electron chi connectivity index (χ1n) is 11.9. The van der Waals surface area contributed by atoms with Gasteiger partial charge in [0.05, 0.1) is 31.5 Å². The van der Waals surface area contributed by atoms with Crippen LogP contribution >= 0.6 is 0 Å². The minimum Gasteiger partial charge on any atom is -0.392 e. The molecule has 0 aliphatic rings. The van der Waals surface area contributed by atoms with Crippen molar-refractivity contribution in [1.29, 1.82) is 0 Å². The molecule has 0 heterocycles. The SMILES string of the molecule is CO[Si](CCCOCC(O)CN(CC(C)O)CC(O)COCCC[Si](OC)(OC)OC)(OC)OC. The molecule has 0 radical (unpaired) electrons. The van der Waals surface area contributed by atoms with Crippen LogP contribution in [0, 0.1) is 0 Å². The van der Waals surface area contributed by atoms with Crippen molar-refractivity contribution < 1.29 is 51.3 Å². The van der Waals surface area contributed by atoms with Crippen LogP contribution in [0.3, 0.4) is 0 Å². The van der Waals surface area contributed by atoms with Gasteiger partial charge in [-0.15, -0.1) is 0 Å². The van der Waals surface area contributed by atoms with Gasteiger partial charge in [-0.2, -0.15) is 0 Å². The van der Waals surface area contributed by atoms with Gasteiger partial charge in [-0.25, -0.2) is 0 Å². The Labute approximate surface area is 213 Å². The topological polar surface area (TPSA) is 138 Å². The molecule has 0 spiro atoms. The molecular weight excluding hydrogens is 498 g/mol. The summed E-state index contributed by atoms with van der Waals surface area (Å²) in [7, 11) is 4.14. The van der Waals surface area contributed by atoms with Gasteiger partial charge in [0.25, 0.3) is 0 Å². The zero-order valence-electron chi connectivity index (χ0n) is 22.6. The lowest BCUT2D eigenvalue weighted by molar-refractivity contribution is -0.0190. The number of ether oxygens (including phenoxy) is 2. The van der Waals surface area contributed by atoms with Crippen LogP contribution in [0.25, 0.3) is 0 Å². The van der Waals surface area contributed by atoms with E-state index in [2.05, 4.69) is 0 Å². The summed E-state index contributed by atoms with van der Waals surface area (Å²) < 4.78 is 43.4. The van der Waals surface area contributed by atoms with Gasteiger partial charge in [-0.1, -0.05) is 0 Å². The zero-order chi connectivity index (χ0) is 26.7. The Morgan fingerprint density at radius 1 is 0.600 bits per heavy atom. The first-order chi connectivity index (χ1) is 16.6. The number of hydrogen-bond donors (Lipinski definition) is 3.